The third kappa shape index (κ3) is 4.50. The van der Waals surface area contributed by atoms with Gasteiger partial charge in [0.25, 0.3) is 0 Å². The van der Waals surface area contributed by atoms with E-state index < -0.39 is 36.4 Å². The van der Waals surface area contributed by atoms with Gasteiger partial charge in [0, 0.05) is 30.1 Å². The molecule has 0 saturated carbocycles. The van der Waals surface area contributed by atoms with Crippen molar-refractivity contribution in [3.05, 3.63) is 23.3 Å². The Morgan fingerprint density at radius 1 is 1.46 bits per heavy atom. The number of anilines is 1. The molecular formula is C16H15F3N4O4S. The van der Waals surface area contributed by atoms with E-state index in [4.69, 9.17) is 0 Å². The quantitative estimate of drug-likeness (QED) is 0.728. The maximum absolute atomic E-state index is 12.5. The number of carbonyl (C=O) groups is 3. The van der Waals surface area contributed by atoms with Crippen LogP contribution >= 0.6 is 11.3 Å². The number of nitrogens with zero attached hydrogens (tertiary/aromatic N) is 2. The number of H-pyrrole nitrogens is 1. The van der Waals surface area contributed by atoms with Gasteiger partial charge >= 0.3 is 12.1 Å². The van der Waals surface area contributed by atoms with Crippen molar-refractivity contribution >= 4 is 34.3 Å². The molecule has 1 saturated heterocycles. The Balaban J connectivity index is 1.62. The predicted octanol–water partition coefficient (Wildman–Crippen LogP) is 2.27. The van der Waals surface area contributed by atoms with E-state index in [9.17, 15) is 27.6 Å². The number of ether oxygens (including phenoxy) is 1. The van der Waals surface area contributed by atoms with Gasteiger partial charge in [0.05, 0.1) is 18.7 Å². The highest BCUT2D eigenvalue weighted by Gasteiger charge is 2.40. The zero-order chi connectivity index (χ0) is 20.5. The van der Waals surface area contributed by atoms with E-state index in [1.54, 1.807) is 11.6 Å². The molecule has 2 aromatic rings. The third-order valence-electron chi connectivity index (χ3n) is 4.07. The van der Waals surface area contributed by atoms with Crippen LogP contribution in [0.5, 0.6) is 0 Å². The molecule has 1 fully saturated rings. The van der Waals surface area contributed by atoms with Crippen LogP contribution in [-0.2, 0) is 14.3 Å². The van der Waals surface area contributed by atoms with Crippen LogP contribution < -0.4 is 5.32 Å². The molecule has 3 heterocycles. The average molecular weight is 416 g/mol. The Hall–Kier alpha value is -2.89. The largest absolute Gasteiger partial charge is 0.464 e. The van der Waals surface area contributed by atoms with Gasteiger partial charge in [-0.05, 0) is 6.07 Å². The van der Waals surface area contributed by atoms with E-state index in [1.807, 2.05) is 0 Å². The lowest BCUT2D eigenvalue weighted by molar-refractivity contribution is -0.157. The first-order valence-corrected chi connectivity index (χ1v) is 8.92. The van der Waals surface area contributed by atoms with Crippen molar-refractivity contribution in [2.45, 2.75) is 12.6 Å². The number of methoxy groups -OCH3 is 1. The molecule has 2 aromatic heterocycles. The SMILES string of the molecule is COC(=O)c1cc(-c2csc(NC(=O)C3CC(=O)N(CC(F)(F)F)C3)n2)c[nH]1. The Morgan fingerprint density at radius 3 is 2.89 bits per heavy atom. The zero-order valence-corrected chi connectivity index (χ0v) is 15.3. The number of hydrogen-bond donors (Lipinski definition) is 2. The fourth-order valence-corrected chi connectivity index (χ4v) is 3.48. The smallest absolute Gasteiger partial charge is 0.406 e. The predicted molar refractivity (Wildman–Crippen MR) is 92.6 cm³/mol. The van der Waals surface area contributed by atoms with Crippen LogP contribution in [0.4, 0.5) is 18.3 Å². The molecule has 28 heavy (non-hydrogen) atoms. The second-order valence-corrected chi connectivity index (χ2v) is 6.97. The number of hydrogen-bond acceptors (Lipinski definition) is 6. The molecule has 1 aliphatic heterocycles. The van der Waals surface area contributed by atoms with Crippen molar-refractivity contribution in [3.63, 3.8) is 0 Å². The summed E-state index contributed by atoms with van der Waals surface area (Å²) < 4.78 is 42.0. The number of esters is 1. The van der Waals surface area contributed by atoms with Crippen LogP contribution in [0.3, 0.4) is 0 Å². The summed E-state index contributed by atoms with van der Waals surface area (Å²) in [5.41, 5.74) is 1.34. The highest BCUT2D eigenvalue weighted by Crippen LogP contribution is 2.28. The highest BCUT2D eigenvalue weighted by atomic mass is 32.1. The number of aromatic nitrogens is 2. The molecule has 0 bridgehead atoms. The first-order chi connectivity index (χ1) is 13.2. The van der Waals surface area contributed by atoms with Crippen LogP contribution in [0, 0.1) is 5.92 Å². The van der Waals surface area contributed by atoms with Crippen LogP contribution in [-0.4, -0.2) is 59.0 Å². The Morgan fingerprint density at radius 2 is 2.21 bits per heavy atom. The monoisotopic (exact) mass is 416 g/mol. The van der Waals surface area contributed by atoms with Gasteiger partial charge in [0.1, 0.15) is 12.2 Å². The summed E-state index contributed by atoms with van der Waals surface area (Å²) in [4.78, 5) is 43.0. The van der Waals surface area contributed by atoms with Crippen molar-refractivity contribution in [1.29, 1.82) is 0 Å². The van der Waals surface area contributed by atoms with Gasteiger partial charge in [-0.25, -0.2) is 9.78 Å². The van der Waals surface area contributed by atoms with Crippen molar-refractivity contribution in [2.75, 3.05) is 25.5 Å². The molecule has 3 rings (SSSR count). The summed E-state index contributed by atoms with van der Waals surface area (Å²) in [6, 6.07) is 1.54. The Bertz CT molecular complexity index is 908. The summed E-state index contributed by atoms with van der Waals surface area (Å²) in [6.07, 6.45) is -3.23. The van der Waals surface area contributed by atoms with Gasteiger partial charge < -0.3 is 19.9 Å². The fraction of sp³-hybridized carbons (Fsp3) is 0.375. The summed E-state index contributed by atoms with van der Waals surface area (Å²) in [6.45, 7) is -1.66. The van der Waals surface area contributed by atoms with Gasteiger partial charge in [-0.1, -0.05) is 0 Å². The molecule has 0 aromatic carbocycles. The molecule has 2 N–H and O–H groups in total. The second-order valence-electron chi connectivity index (χ2n) is 6.11. The van der Waals surface area contributed by atoms with Crippen molar-refractivity contribution in [1.82, 2.24) is 14.9 Å². The van der Waals surface area contributed by atoms with E-state index in [0.717, 1.165) is 11.3 Å². The summed E-state index contributed by atoms with van der Waals surface area (Å²) in [5.74, 6) is -2.69. The standard InChI is InChI=1S/C16H15F3N4O4S/c1-27-14(26)10-2-8(4-20-10)11-6-28-15(21-11)22-13(25)9-3-12(24)23(5-9)7-16(17,18)19/h2,4,6,9,20H,3,5,7H2,1H3,(H,21,22,25). The highest BCUT2D eigenvalue weighted by molar-refractivity contribution is 7.14. The summed E-state index contributed by atoms with van der Waals surface area (Å²) in [7, 11) is 1.25. The number of halogens is 3. The fourth-order valence-electron chi connectivity index (χ4n) is 2.76. The van der Waals surface area contributed by atoms with Gasteiger partial charge in [-0.15, -0.1) is 11.3 Å². The van der Waals surface area contributed by atoms with Crippen molar-refractivity contribution in [2.24, 2.45) is 5.92 Å². The van der Waals surface area contributed by atoms with Crippen molar-refractivity contribution in [3.8, 4) is 11.3 Å². The van der Waals surface area contributed by atoms with Gasteiger partial charge in [-0.3, -0.25) is 9.59 Å². The minimum Gasteiger partial charge on any atom is -0.464 e. The zero-order valence-electron chi connectivity index (χ0n) is 14.5. The molecule has 0 spiro atoms. The molecule has 12 heteroatoms. The van der Waals surface area contributed by atoms with E-state index in [0.29, 0.717) is 16.2 Å². The van der Waals surface area contributed by atoms with E-state index >= 15 is 0 Å². The second kappa shape index (κ2) is 7.62. The molecule has 0 aliphatic carbocycles. The number of aromatic amines is 1. The van der Waals surface area contributed by atoms with Crippen molar-refractivity contribution < 1.29 is 32.3 Å². The minimum absolute atomic E-state index is 0.238. The van der Waals surface area contributed by atoms with Crippen LogP contribution in [0.1, 0.15) is 16.9 Å². The lowest BCUT2D eigenvalue weighted by atomic mass is 10.1. The molecule has 1 aliphatic rings. The van der Waals surface area contributed by atoms with E-state index in [-0.39, 0.29) is 23.8 Å². The number of alkyl halides is 3. The number of thiazole rings is 1. The Labute approximate surface area is 160 Å². The normalized spacial score (nSPS) is 17.1. The third-order valence-corrected chi connectivity index (χ3v) is 4.83. The summed E-state index contributed by atoms with van der Waals surface area (Å²) in [5, 5.41) is 4.41. The maximum atomic E-state index is 12.5. The molecule has 150 valence electrons. The lowest BCUT2D eigenvalue weighted by Crippen LogP contribution is -2.36. The molecule has 8 nitrogen and oxygen atoms in total. The number of rotatable bonds is 5. The molecular weight excluding hydrogens is 401 g/mol. The van der Waals surface area contributed by atoms with Crippen LogP contribution in [0.2, 0.25) is 0 Å². The van der Waals surface area contributed by atoms with Gasteiger partial charge in [-0.2, -0.15) is 13.2 Å². The number of likely N-dealkylation sites (tertiary alicyclic amines) is 1. The maximum Gasteiger partial charge on any atom is 0.406 e. The topological polar surface area (TPSA) is 104 Å². The lowest BCUT2D eigenvalue weighted by Gasteiger charge is -2.18. The average Bonchev–Trinajstić information content (AvgIpc) is 3.33. The van der Waals surface area contributed by atoms with E-state index in [2.05, 4.69) is 20.0 Å². The first kappa shape index (κ1) is 19.9. The van der Waals surface area contributed by atoms with E-state index in [1.165, 1.54) is 13.2 Å². The van der Waals surface area contributed by atoms with Crippen LogP contribution in [0.25, 0.3) is 11.3 Å². The number of amides is 2. The molecule has 1 atom stereocenters. The first-order valence-electron chi connectivity index (χ1n) is 8.04. The molecule has 1 unspecified atom stereocenters. The number of carbonyl (C=O) groups excluding carboxylic acids is 3. The number of nitrogens with one attached hydrogen (secondary N) is 2. The Kier molecular flexibility index (Phi) is 5.40. The van der Waals surface area contributed by atoms with Gasteiger partial charge in [0.2, 0.25) is 11.8 Å². The molecule has 2 amide bonds. The minimum atomic E-state index is -4.51. The van der Waals surface area contributed by atoms with Crippen LogP contribution in [0.15, 0.2) is 17.6 Å². The molecule has 0 radical (unpaired) electrons. The summed E-state index contributed by atoms with van der Waals surface area (Å²) >= 11 is 1.11. The van der Waals surface area contributed by atoms with Gasteiger partial charge in [0.15, 0.2) is 5.13 Å².